The molecular formula is C15H27N3O2. The number of carbonyl (C=O) groups excluding carboxylic acids is 2. The number of amides is 2. The second kappa shape index (κ2) is 7.62. The number of carbonyl (C=O) groups is 2. The van der Waals surface area contributed by atoms with Gasteiger partial charge < -0.3 is 15.5 Å². The second-order valence-corrected chi connectivity index (χ2v) is 6.09. The molecule has 2 rings (SSSR count). The molecule has 0 aromatic carbocycles. The molecule has 20 heavy (non-hydrogen) atoms. The molecule has 1 aliphatic heterocycles. The first-order valence-electron chi connectivity index (χ1n) is 7.93. The van der Waals surface area contributed by atoms with Crippen LogP contribution in [0.15, 0.2) is 0 Å². The Morgan fingerprint density at radius 3 is 2.45 bits per heavy atom. The van der Waals surface area contributed by atoms with Gasteiger partial charge in [0.05, 0.1) is 6.04 Å². The zero-order chi connectivity index (χ0) is 14.4. The van der Waals surface area contributed by atoms with E-state index in [0.717, 1.165) is 32.6 Å². The Hall–Kier alpha value is -1.10. The van der Waals surface area contributed by atoms with Crippen molar-refractivity contribution in [2.45, 2.75) is 51.5 Å². The molecule has 0 spiro atoms. The summed E-state index contributed by atoms with van der Waals surface area (Å²) in [5.41, 5.74) is 0. The van der Waals surface area contributed by atoms with Crippen LogP contribution in [0.3, 0.4) is 0 Å². The third-order valence-corrected chi connectivity index (χ3v) is 4.49. The molecule has 114 valence electrons. The van der Waals surface area contributed by atoms with Crippen LogP contribution in [-0.4, -0.2) is 48.9 Å². The molecule has 0 aromatic rings. The van der Waals surface area contributed by atoms with Crippen molar-refractivity contribution in [2.24, 2.45) is 5.92 Å². The van der Waals surface area contributed by atoms with Crippen LogP contribution in [0.4, 0.5) is 4.79 Å². The molecule has 0 bridgehead atoms. The van der Waals surface area contributed by atoms with Gasteiger partial charge in [-0.3, -0.25) is 4.79 Å². The van der Waals surface area contributed by atoms with Crippen molar-refractivity contribution < 1.29 is 9.59 Å². The summed E-state index contributed by atoms with van der Waals surface area (Å²) in [4.78, 5) is 25.8. The van der Waals surface area contributed by atoms with E-state index < -0.39 is 0 Å². The Bertz CT molecular complexity index is 334. The minimum absolute atomic E-state index is 0.0810. The quantitative estimate of drug-likeness (QED) is 0.821. The van der Waals surface area contributed by atoms with Gasteiger partial charge in [-0.25, -0.2) is 4.79 Å². The maximum atomic E-state index is 12.2. The van der Waals surface area contributed by atoms with E-state index in [1.165, 1.54) is 32.1 Å². The number of hydrogen-bond donors (Lipinski definition) is 2. The van der Waals surface area contributed by atoms with Crippen molar-refractivity contribution in [3.63, 3.8) is 0 Å². The van der Waals surface area contributed by atoms with Crippen LogP contribution in [-0.2, 0) is 4.79 Å². The fraction of sp³-hybridized carbons (Fsp3) is 0.867. The monoisotopic (exact) mass is 281 g/mol. The van der Waals surface area contributed by atoms with Crippen LogP contribution in [0.1, 0.15) is 45.4 Å². The van der Waals surface area contributed by atoms with Crippen molar-refractivity contribution in [1.29, 1.82) is 0 Å². The van der Waals surface area contributed by atoms with Gasteiger partial charge in [0.1, 0.15) is 0 Å². The van der Waals surface area contributed by atoms with E-state index in [1.807, 2.05) is 0 Å². The van der Waals surface area contributed by atoms with E-state index >= 15 is 0 Å². The molecule has 2 amide bonds. The topological polar surface area (TPSA) is 61.4 Å². The van der Waals surface area contributed by atoms with Gasteiger partial charge in [-0.1, -0.05) is 32.1 Å². The Kier molecular flexibility index (Phi) is 5.83. The maximum Gasteiger partial charge on any atom is 0.318 e. The number of nitrogens with one attached hydrogen (secondary N) is 2. The van der Waals surface area contributed by atoms with Gasteiger partial charge in [0, 0.05) is 26.2 Å². The summed E-state index contributed by atoms with van der Waals surface area (Å²) in [6.45, 7) is 4.70. The van der Waals surface area contributed by atoms with Crippen molar-refractivity contribution in [2.75, 3.05) is 26.2 Å². The first-order chi connectivity index (χ1) is 9.66. The number of nitrogens with zero attached hydrogens (tertiary/aromatic N) is 1. The van der Waals surface area contributed by atoms with Crippen molar-refractivity contribution in [3.8, 4) is 0 Å². The van der Waals surface area contributed by atoms with Gasteiger partial charge in [0.15, 0.2) is 5.78 Å². The lowest BCUT2D eigenvalue weighted by atomic mass is 9.84. The van der Waals surface area contributed by atoms with Crippen molar-refractivity contribution >= 4 is 11.8 Å². The third-order valence-electron chi connectivity index (χ3n) is 4.49. The van der Waals surface area contributed by atoms with Crippen LogP contribution in [0.25, 0.3) is 0 Å². The van der Waals surface area contributed by atoms with E-state index in [4.69, 9.17) is 0 Å². The van der Waals surface area contributed by atoms with Crippen LogP contribution in [0, 0.1) is 5.92 Å². The molecule has 0 unspecified atom stereocenters. The molecule has 1 heterocycles. The summed E-state index contributed by atoms with van der Waals surface area (Å²) in [5.74, 6) is 0.681. The van der Waals surface area contributed by atoms with E-state index in [2.05, 4.69) is 10.6 Å². The standard InChI is InChI=1S/C15H27N3O2/c1-12(19)14(11-13-5-3-2-4-6-13)17-15(20)18-9-7-16-8-10-18/h13-14,16H,2-11H2,1H3,(H,17,20)/t14-/m0/s1. The van der Waals surface area contributed by atoms with Gasteiger partial charge in [0.25, 0.3) is 0 Å². The SMILES string of the molecule is CC(=O)[C@H](CC1CCCCC1)NC(=O)N1CCNCC1. The largest absolute Gasteiger partial charge is 0.328 e. The summed E-state index contributed by atoms with van der Waals surface area (Å²) in [6, 6.07) is -0.386. The highest BCUT2D eigenvalue weighted by atomic mass is 16.2. The summed E-state index contributed by atoms with van der Waals surface area (Å²) < 4.78 is 0. The first-order valence-corrected chi connectivity index (χ1v) is 7.93. The predicted molar refractivity (Wildman–Crippen MR) is 78.6 cm³/mol. The Balaban J connectivity index is 1.84. The number of piperazine rings is 1. The minimum atomic E-state index is -0.305. The van der Waals surface area contributed by atoms with Gasteiger partial charge >= 0.3 is 6.03 Å². The number of urea groups is 1. The highest BCUT2D eigenvalue weighted by Gasteiger charge is 2.25. The number of rotatable bonds is 4. The molecule has 1 saturated carbocycles. The summed E-state index contributed by atoms with van der Waals surface area (Å²) in [6.07, 6.45) is 7.06. The fourth-order valence-electron chi connectivity index (χ4n) is 3.19. The van der Waals surface area contributed by atoms with Crippen molar-refractivity contribution in [3.05, 3.63) is 0 Å². The van der Waals surface area contributed by atoms with E-state index in [9.17, 15) is 9.59 Å². The molecule has 1 aliphatic carbocycles. The molecule has 5 heteroatoms. The van der Waals surface area contributed by atoms with Crippen LogP contribution in [0.2, 0.25) is 0 Å². The van der Waals surface area contributed by atoms with E-state index in [0.29, 0.717) is 5.92 Å². The lowest BCUT2D eigenvalue weighted by Crippen LogP contribution is -2.53. The molecule has 0 aromatic heterocycles. The highest BCUT2D eigenvalue weighted by molar-refractivity contribution is 5.86. The minimum Gasteiger partial charge on any atom is -0.328 e. The predicted octanol–water partition coefficient (Wildman–Crippen LogP) is 1.53. The lowest BCUT2D eigenvalue weighted by molar-refractivity contribution is -0.119. The Labute approximate surface area is 121 Å². The van der Waals surface area contributed by atoms with Gasteiger partial charge in [-0.05, 0) is 19.3 Å². The molecule has 1 saturated heterocycles. The molecule has 2 fully saturated rings. The molecule has 5 nitrogen and oxygen atoms in total. The first kappa shape index (κ1) is 15.3. The van der Waals surface area contributed by atoms with Crippen LogP contribution >= 0.6 is 0 Å². The normalized spacial score (nSPS) is 22.4. The lowest BCUT2D eigenvalue weighted by Gasteiger charge is -2.31. The molecule has 2 aliphatic rings. The maximum absolute atomic E-state index is 12.2. The van der Waals surface area contributed by atoms with Gasteiger partial charge in [0.2, 0.25) is 0 Å². The summed E-state index contributed by atoms with van der Waals surface area (Å²) >= 11 is 0. The molecule has 2 N–H and O–H groups in total. The molecular weight excluding hydrogens is 254 g/mol. The number of Topliss-reactive ketones (excluding diaryl/α,β-unsaturated/α-hetero) is 1. The van der Waals surface area contributed by atoms with E-state index in [-0.39, 0.29) is 17.9 Å². The zero-order valence-electron chi connectivity index (χ0n) is 12.5. The average Bonchev–Trinajstić information content (AvgIpc) is 2.48. The average molecular weight is 281 g/mol. The number of hydrogen-bond acceptors (Lipinski definition) is 3. The smallest absolute Gasteiger partial charge is 0.318 e. The third kappa shape index (κ3) is 4.47. The Morgan fingerprint density at radius 2 is 1.85 bits per heavy atom. The summed E-state index contributed by atoms with van der Waals surface area (Å²) in [7, 11) is 0. The Morgan fingerprint density at radius 1 is 1.20 bits per heavy atom. The second-order valence-electron chi connectivity index (χ2n) is 6.09. The van der Waals surface area contributed by atoms with Gasteiger partial charge in [-0.15, -0.1) is 0 Å². The molecule has 0 radical (unpaired) electrons. The number of ketones is 1. The summed E-state index contributed by atoms with van der Waals surface area (Å²) in [5, 5.41) is 6.17. The van der Waals surface area contributed by atoms with Crippen LogP contribution in [0.5, 0.6) is 0 Å². The van der Waals surface area contributed by atoms with Gasteiger partial charge in [-0.2, -0.15) is 0 Å². The van der Waals surface area contributed by atoms with Crippen LogP contribution < -0.4 is 10.6 Å². The van der Waals surface area contributed by atoms with E-state index in [1.54, 1.807) is 11.8 Å². The molecule has 1 atom stereocenters. The van der Waals surface area contributed by atoms with Crippen molar-refractivity contribution in [1.82, 2.24) is 15.5 Å². The highest BCUT2D eigenvalue weighted by Crippen LogP contribution is 2.27. The fourth-order valence-corrected chi connectivity index (χ4v) is 3.19. The zero-order valence-corrected chi connectivity index (χ0v) is 12.5.